The molecule has 1 saturated carbocycles. The Balaban J connectivity index is 1.13. The van der Waals surface area contributed by atoms with Crippen LogP contribution < -0.4 is 0 Å². The Morgan fingerprint density at radius 1 is 1.19 bits per heavy atom. The number of carbonyl (C=O) groups excluding carboxylic acids is 2. The second-order valence-corrected chi connectivity index (χ2v) is 10.7. The molecule has 0 amide bonds. The third kappa shape index (κ3) is 4.85. The fourth-order valence-corrected chi connectivity index (χ4v) is 6.30. The van der Waals surface area contributed by atoms with Crippen molar-refractivity contribution in [2.75, 3.05) is 6.61 Å². The van der Waals surface area contributed by atoms with Crippen LogP contribution in [0.4, 0.5) is 5.82 Å². The summed E-state index contributed by atoms with van der Waals surface area (Å²) < 4.78 is 24.7. The van der Waals surface area contributed by atoms with Gasteiger partial charge < -0.3 is 33.6 Å². The summed E-state index contributed by atoms with van der Waals surface area (Å²) in [6, 6.07) is 0. The van der Waals surface area contributed by atoms with E-state index < -0.39 is 40.8 Å². The predicted octanol–water partition coefficient (Wildman–Crippen LogP) is 2.87. The van der Waals surface area contributed by atoms with Gasteiger partial charge in [0.1, 0.15) is 12.8 Å². The summed E-state index contributed by atoms with van der Waals surface area (Å²) in [6.45, 7) is 6.25. The van der Waals surface area contributed by atoms with Gasteiger partial charge in [0.2, 0.25) is 18.4 Å². The lowest BCUT2D eigenvalue weighted by atomic mass is 9.58. The number of fused-ring (bicyclic) bond motifs is 2. The van der Waals surface area contributed by atoms with E-state index in [1.54, 1.807) is 0 Å². The van der Waals surface area contributed by atoms with E-state index >= 15 is 0 Å². The monoisotopic (exact) mass is 523 g/mol. The number of aromatic nitrogens is 2. The van der Waals surface area contributed by atoms with Crippen LogP contribution >= 0.6 is 0 Å². The Morgan fingerprint density at radius 3 is 2.73 bits per heavy atom. The van der Waals surface area contributed by atoms with Crippen LogP contribution in [0.15, 0.2) is 12.5 Å². The minimum Gasteiger partial charge on any atom is -0.464 e. The van der Waals surface area contributed by atoms with E-state index in [0.29, 0.717) is 12.3 Å². The average Bonchev–Trinajstić information content (AvgIpc) is 3.22. The summed E-state index contributed by atoms with van der Waals surface area (Å²) in [5.74, 6) is -1.84. The van der Waals surface area contributed by atoms with Gasteiger partial charge in [0.15, 0.2) is 11.9 Å². The maximum absolute atomic E-state index is 12.6. The van der Waals surface area contributed by atoms with Crippen LogP contribution in [0.1, 0.15) is 59.3 Å². The molecule has 204 valence electrons. The molecular formula is C24H33N3O10. The molecule has 0 N–H and O–H groups in total. The highest BCUT2D eigenvalue weighted by molar-refractivity contribution is 5.77. The van der Waals surface area contributed by atoms with Crippen molar-refractivity contribution in [1.82, 2.24) is 9.55 Å². The summed E-state index contributed by atoms with van der Waals surface area (Å²) in [4.78, 5) is 50.3. The Kier molecular flexibility index (Phi) is 6.98. The molecular weight excluding hydrogens is 490 g/mol. The highest BCUT2D eigenvalue weighted by Crippen LogP contribution is 2.60. The van der Waals surface area contributed by atoms with Gasteiger partial charge in [-0.2, -0.15) is 0 Å². The number of ether oxygens (including phenoxy) is 4. The summed E-state index contributed by atoms with van der Waals surface area (Å²) in [6.07, 6.45) is 4.17. The molecule has 6 rings (SSSR count). The van der Waals surface area contributed by atoms with E-state index in [1.807, 2.05) is 13.8 Å². The second-order valence-electron chi connectivity index (χ2n) is 10.7. The normalized spacial score (nSPS) is 38.4. The van der Waals surface area contributed by atoms with Crippen LogP contribution in [0, 0.1) is 33.8 Å². The molecule has 5 aliphatic rings. The van der Waals surface area contributed by atoms with Gasteiger partial charge in [-0.3, -0.25) is 9.59 Å². The van der Waals surface area contributed by atoms with Gasteiger partial charge in [0, 0.05) is 18.3 Å². The van der Waals surface area contributed by atoms with Crippen LogP contribution in [0.5, 0.6) is 0 Å². The zero-order valence-electron chi connectivity index (χ0n) is 21.2. The van der Waals surface area contributed by atoms with Gasteiger partial charge in [-0.15, -0.1) is 0 Å². The van der Waals surface area contributed by atoms with Crippen LogP contribution in [-0.2, 0) is 44.9 Å². The van der Waals surface area contributed by atoms with Gasteiger partial charge in [-0.25, -0.2) is 9.78 Å². The predicted molar refractivity (Wildman–Crippen MR) is 122 cm³/mol. The molecule has 37 heavy (non-hydrogen) atoms. The molecule has 13 heteroatoms. The van der Waals surface area contributed by atoms with Crippen LogP contribution in [0.2, 0.25) is 0 Å². The number of hydrogen-bond donors (Lipinski definition) is 0. The molecule has 4 saturated heterocycles. The fraction of sp³-hybridized carbons (Fsp3) is 0.792. The van der Waals surface area contributed by atoms with Gasteiger partial charge >= 0.3 is 17.8 Å². The minimum absolute atomic E-state index is 0.00657. The number of esters is 2. The molecule has 1 aliphatic carbocycles. The number of carbonyl (C=O) groups is 2. The van der Waals surface area contributed by atoms with Crippen molar-refractivity contribution in [3.8, 4) is 0 Å². The molecule has 5 heterocycles. The summed E-state index contributed by atoms with van der Waals surface area (Å²) in [5.41, 5.74) is -0.741. The number of hydrogen-bond acceptors (Lipinski definition) is 11. The summed E-state index contributed by atoms with van der Waals surface area (Å²) in [5, 5.41) is 10.7. The van der Waals surface area contributed by atoms with Crippen molar-refractivity contribution in [1.29, 1.82) is 0 Å². The maximum Gasteiger partial charge on any atom is 0.381 e. The van der Waals surface area contributed by atoms with Gasteiger partial charge in [0.25, 0.3) is 0 Å². The molecule has 8 atom stereocenters. The van der Waals surface area contributed by atoms with E-state index in [-0.39, 0.29) is 49.6 Å². The van der Waals surface area contributed by atoms with Crippen molar-refractivity contribution in [2.45, 2.75) is 89.8 Å². The molecule has 13 nitrogen and oxygen atoms in total. The standard InChI is InChI=1S/C24H33N3O10/c1-14-4-5-17-15(2)21(34-22-24(17)16(14)8-9-23(3,35-22)36-37-24)33-20(29)7-6-19(28)32-11-10-26-12-18(25-13-26)27(30)31/h12-17,21-22H,4-11H2,1-3H3/t14-,15-,16+,17+,21-,22-,23-,24-/m1/s1. The topological polar surface area (TPSA) is 150 Å². The van der Waals surface area contributed by atoms with Crippen LogP contribution in [0.3, 0.4) is 0 Å². The van der Waals surface area contributed by atoms with E-state index in [0.717, 1.165) is 19.3 Å². The van der Waals surface area contributed by atoms with E-state index in [2.05, 4.69) is 11.9 Å². The highest BCUT2D eigenvalue weighted by Gasteiger charge is 2.69. The molecule has 5 fully saturated rings. The van der Waals surface area contributed by atoms with Crippen molar-refractivity contribution in [3.05, 3.63) is 22.6 Å². The van der Waals surface area contributed by atoms with Crippen molar-refractivity contribution in [3.63, 3.8) is 0 Å². The Morgan fingerprint density at radius 2 is 1.97 bits per heavy atom. The molecule has 1 aromatic rings. The van der Waals surface area contributed by atoms with E-state index in [4.69, 9.17) is 28.7 Å². The quantitative estimate of drug-likeness (QED) is 0.214. The summed E-state index contributed by atoms with van der Waals surface area (Å²) >= 11 is 0. The van der Waals surface area contributed by atoms with E-state index in [1.165, 1.54) is 17.1 Å². The SMILES string of the molecule is C[C@H]1[C@H](OC(=O)CCC(=O)OCCn2cnc([N+](=O)[O-])c2)O[C@@H]2O[C@@]3(C)CC[C@H]4[C@H](C)CC[C@@H]1[C@@]24OO3. The molecule has 2 bridgehead atoms. The van der Waals surface area contributed by atoms with Crippen LogP contribution in [-0.4, -0.2) is 57.0 Å². The smallest absolute Gasteiger partial charge is 0.381 e. The lowest BCUT2D eigenvalue weighted by Gasteiger charge is -2.59. The maximum atomic E-state index is 12.6. The third-order valence-electron chi connectivity index (χ3n) is 8.30. The Labute approximate surface area is 213 Å². The highest BCUT2D eigenvalue weighted by atomic mass is 17.3. The number of rotatable bonds is 8. The lowest BCUT2D eigenvalue weighted by Crippen LogP contribution is -2.70. The van der Waals surface area contributed by atoms with Gasteiger partial charge in [-0.1, -0.05) is 13.8 Å². The van der Waals surface area contributed by atoms with Crippen molar-refractivity contribution < 1.29 is 43.2 Å². The van der Waals surface area contributed by atoms with E-state index in [9.17, 15) is 19.7 Å². The number of nitrogens with zero attached hydrogens (tertiary/aromatic N) is 3. The third-order valence-corrected chi connectivity index (χ3v) is 8.30. The summed E-state index contributed by atoms with van der Waals surface area (Å²) in [7, 11) is 0. The first-order valence-corrected chi connectivity index (χ1v) is 12.8. The van der Waals surface area contributed by atoms with Crippen molar-refractivity contribution in [2.24, 2.45) is 23.7 Å². The molecule has 0 aromatic carbocycles. The first kappa shape index (κ1) is 26.0. The zero-order valence-corrected chi connectivity index (χ0v) is 21.2. The number of nitro groups is 1. The molecule has 4 aliphatic heterocycles. The molecule has 0 radical (unpaired) electrons. The Hall–Kier alpha value is -2.61. The zero-order chi connectivity index (χ0) is 26.4. The first-order chi connectivity index (χ1) is 17.6. The van der Waals surface area contributed by atoms with Gasteiger partial charge in [-0.05, 0) is 47.9 Å². The fourth-order valence-electron chi connectivity index (χ4n) is 6.30. The lowest BCUT2D eigenvalue weighted by molar-refractivity contribution is -0.576. The Bertz CT molecular complexity index is 1050. The molecule has 1 aromatic heterocycles. The molecule has 1 spiro atoms. The molecule has 0 unspecified atom stereocenters. The largest absolute Gasteiger partial charge is 0.464 e. The average molecular weight is 524 g/mol. The minimum atomic E-state index is -0.919. The second kappa shape index (κ2) is 9.93. The van der Waals surface area contributed by atoms with Crippen LogP contribution in [0.25, 0.3) is 0 Å². The van der Waals surface area contributed by atoms with Crippen molar-refractivity contribution >= 4 is 17.8 Å². The first-order valence-electron chi connectivity index (χ1n) is 12.8. The number of imidazole rings is 1. The van der Waals surface area contributed by atoms with Gasteiger partial charge in [0.05, 0.1) is 19.4 Å².